The van der Waals surface area contributed by atoms with E-state index in [4.69, 9.17) is 4.74 Å². The van der Waals surface area contributed by atoms with Crippen LogP contribution in [0.1, 0.15) is 5.56 Å². The molecule has 0 bridgehead atoms. The zero-order valence-corrected chi connectivity index (χ0v) is 10.3. The number of amides is 1. The summed E-state index contributed by atoms with van der Waals surface area (Å²) in [5.74, 6) is -0.815. The number of ether oxygens (including phenoxy) is 1. The van der Waals surface area contributed by atoms with Crippen LogP contribution in [0.25, 0.3) is 0 Å². The van der Waals surface area contributed by atoms with Gasteiger partial charge in [0.25, 0.3) is 0 Å². The molecule has 1 amide bonds. The van der Waals surface area contributed by atoms with Gasteiger partial charge in [-0.3, -0.25) is 4.79 Å². The third kappa shape index (κ3) is 3.06. The van der Waals surface area contributed by atoms with Crippen molar-refractivity contribution < 1.29 is 18.3 Å². The van der Waals surface area contributed by atoms with Crippen LogP contribution in [-0.2, 0) is 9.53 Å². The van der Waals surface area contributed by atoms with E-state index in [-0.39, 0.29) is 13.1 Å². The van der Waals surface area contributed by atoms with E-state index in [2.05, 4.69) is 5.92 Å². The maximum absolute atomic E-state index is 13.6. The Morgan fingerprint density at radius 3 is 2.78 bits per heavy atom. The van der Waals surface area contributed by atoms with Crippen molar-refractivity contribution in [3.05, 3.63) is 22.4 Å². The van der Waals surface area contributed by atoms with E-state index in [1.54, 1.807) is 22.7 Å². The van der Waals surface area contributed by atoms with Crippen molar-refractivity contribution in [1.29, 1.82) is 0 Å². The van der Waals surface area contributed by atoms with Crippen LogP contribution in [0.3, 0.4) is 0 Å². The summed E-state index contributed by atoms with van der Waals surface area (Å²) in [5.41, 5.74) is 0.495. The molecular weight excluding hydrogens is 260 g/mol. The number of thiophene rings is 1. The van der Waals surface area contributed by atoms with Gasteiger partial charge in [0, 0.05) is 24.0 Å². The highest BCUT2D eigenvalue weighted by atomic mass is 32.1. The minimum absolute atomic E-state index is 0.189. The second-order valence-corrected chi connectivity index (χ2v) is 4.52. The van der Waals surface area contributed by atoms with Gasteiger partial charge in [0.15, 0.2) is 0 Å². The van der Waals surface area contributed by atoms with E-state index < -0.39 is 11.8 Å². The van der Waals surface area contributed by atoms with E-state index in [1.807, 2.05) is 0 Å². The van der Waals surface area contributed by atoms with Gasteiger partial charge >= 0.3 is 11.8 Å². The number of hydrogen-bond acceptors (Lipinski definition) is 3. The fraction of sp³-hybridized carbons (Fsp3) is 0.417. The summed E-state index contributed by atoms with van der Waals surface area (Å²) in [6.07, 6.45) is 0. The highest BCUT2D eigenvalue weighted by molar-refractivity contribution is 7.08. The Bertz CT molecular complexity index is 470. The van der Waals surface area contributed by atoms with Gasteiger partial charge in [0.1, 0.15) is 0 Å². The summed E-state index contributed by atoms with van der Waals surface area (Å²) in [6, 6.07) is 1.63. The third-order valence-corrected chi connectivity index (χ3v) is 3.14. The molecule has 0 saturated carbocycles. The molecule has 2 rings (SSSR count). The van der Waals surface area contributed by atoms with Crippen molar-refractivity contribution in [1.82, 2.24) is 4.90 Å². The monoisotopic (exact) mass is 271 g/mol. The maximum Gasteiger partial charge on any atom is 0.385 e. The molecule has 1 saturated heterocycles. The van der Waals surface area contributed by atoms with Crippen LogP contribution in [-0.4, -0.2) is 43.0 Å². The van der Waals surface area contributed by atoms with Gasteiger partial charge in [-0.15, -0.1) is 0 Å². The quantitative estimate of drug-likeness (QED) is 0.726. The normalized spacial score (nSPS) is 16.0. The molecule has 6 heteroatoms. The van der Waals surface area contributed by atoms with Gasteiger partial charge in [-0.05, 0) is 17.4 Å². The Kier molecular flexibility index (Phi) is 3.94. The summed E-state index contributed by atoms with van der Waals surface area (Å²) in [4.78, 5) is 12.7. The smallest absolute Gasteiger partial charge is 0.378 e. The Balaban J connectivity index is 2.07. The second-order valence-electron chi connectivity index (χ2n) is 3.74. The fourth-order valence-corrected chi connectivity index (χ4v) is 2.09. The topological polar surface area (TPSA) is 29.5 Å². The number of carbonyl (C=O) groups is 1. The zero-order chi connectivity index (χ0) is 13.0. The molecule has 18 heavy (non-hydrogen) atoms. The predicted octanol–water partition coefficient (Wildman–Crippen LogP) is 1.59. The molecule has 0 radical (unpaired) electrons. The summed E-state index contributed by atoms with van der Waals surface area (Å²) >= 11 is 1.37. The van der Waals surface area contributed by atoms with E-state index in [1.165, 1.54) is 11.3 Å². The van der Waals surface area contributed by atoms with E-state index >= 15 is 0 Å². The van der Waals surface area contributed by atoms with E-state index in [9.17, 15) is 13.6 Å². The van der Waals surface area contributed by atoms with Gasteiger partial charge in [0.2, 0.25) is 0 Å². The molecule has 0 unspecified atom stereocenters. The third-order valence-electron chi connectivity index (χ3n) is 2.45. The predicted molar refractivity (Wildman–Crippen MR) is 63.5 cm³/mol. The maximum atomic E-state index is 13.6. The molecule has 3 nitrogen and oxygen atoms in total. The van der Waals surface area contributed by atoms with Crippen LogP contribution in [0.4, 0.5) is 8.78 Å². The van der Waals surface area contributed by atoms with Gasteiger partial charge in [0.05, 0.1) is 13.2 Å². The summed E-state index contributed by atoms with van der Waals surface area (Å²) < 4.78 is 32.2. The second kappa shape index (κ2) is 5.46. The zero-order valence-electron chi connectivity index (χ0n) is 9.49. The van der Waals surface area contributed by atoms with Crippen LogP contribution < -0.4 is 0 Å². The van der Waals surface area contributed by atoms with Gasteiger partial charge in [-0.25, -0.2) is 0 Å². The molecule has 0 N–H and O–H groups in total. The van der Waals surface area contributed by atoms with Crippen molar-refractivity contribution >= 4 is 17.2 Å². The number of alkyl halides is 2. The number of carbonyl (C=O) groups excluding carboxylic acids is 1. The highest BCUT2D eigenvalue weighted by Gasteiger charge is 2.40. The molecule has 0 spiro atoms. The lowest BCUT2D eigenvalue weighted by molar-refractivity contribution is -0.153. The molecule has 1 aromatic rings. The number of hydrogen-bond donors (Lipinski definition) is 0. The van der Waals surface area contributed by atoms with Crippen LogP contribution in [0.15, 0.2) is 16.8 Å². The number of nitrogens with zero attached hydrogens (tertiary/aromatic N) is 1. The Hall–Kier alpha value is -1.45. The Morgan fingerprint density at radius 2 is 2.17 bits per heavy atom. The molecule has 0 atom stereocenters. The molecule has 2 heterocycles. The minimum Gasteiger partial charge on any atom is -0.378 e. The first-order valence-corrected chi connectivity index (χ1v) is 6.34. The number of halogens is 2. The molecule has 96 valence electrons. The summed E-state index contributed by atoms with van der Waals surface area (Å²) in [5, 5.41) is 3.40. The van der Waals surface area contributed by atoms with Crippen molar-refractivity contribution in [3.8, 4) is 11.8 Å². The van der Waals surface area contributed by atoms with Gasteiger partial charge < -0.3 is 9.64 Å². The molecular formula is C12H11F2NO2S. The lowest BCUT2D eigenvalue weighted by Gasteiger charge is -2.28. The van der Waals surface area contributed by atoms with E-state index in [0.29, 0.717) is 18.8 Å². The van der Waals surface area contributed by atoms with Crippen molar-refractivity contribution in [3.63, 3.8) is 0 Å². The molecule has 1 fully saturated rings. The number of morpholine rings is 1. The summed E-state index contributed by atoms with van der Waals surface area (Å²) in [7, 11) is 0. The van der Waals surface area contributed by atoms with Crippen molar-refractivity contribution in [2.75, 3.05) is 26.3 Å². The minimum atomic E-state index is -3.64. The first kappa shape index (κ1) is 13.0. The van der Waals surface area contributed by atoms with Crippen molar-refractivity contribution in [2.24, 2.45) is 0 Å². The fourth-order valence-electron chi connectivity index (χ4n) is 1.50. The van der Waals surface area contributed by atoms with Crippen LogP contribution in [0, 0.1) is 11.8 Å². The van der Waals surface area contributed by atoms with Gasteiger partial charge in [-0.1, -0.05) is 5.92 Å². The van der Waals surface area contributed by atoms with Crippen LogP contribution >= 0.6 is 11.3 Å². The average Bonchev–Trinajstić information content (AvgIpc) is 2.90. The SMILES string of the molecule is O=C(N1CCOCC1)C(F)(F)C#Cc1ccsc1. The lowest BCUT2D eigenvalue weighted by Crippen LogP contribution is -2.48. The molecule has 0 aliphatic carbocycles. The molecule has 0 aromatic carbocycles. The van der Waals surface area contributed by atoms with Gasteiger partial charge in [-0.2, -0.15) is 20.1 Å². The summed E-state index contributed by atoms with van der Waals surface area (Å²) in [6.45, 7) is 0.961. The average molecular weight is 271 g/mol. The largest absolute Gasteiger partial charge is 0.385 e. The van der Waals surface area contributed by atoms with Crippen LogP contribution in [0.5, 0.6) is 0 Å². The van der Waals surface area contributed by atoms with E-state index in [0.717, 1.165) is 4.90 Å². The molecule has 1 aliphatic heterocycles. The highest BCUT2D eigenvalue weighted by Crippen LogP contribution is 2.17. The number of rotatable bonds is 1. The van der Waals surface area contributed by atoms with Crippen molar-refractivity contribution in [2.45, 2.75) is 5.92 Å². The van der Waals surface area contributed by atoms with Crippen LogP contribution in [0.2, 0.25) is 0 Å². The first-order valence-electron chi connectivity index (χ1n) is 5.40. The Labute approximate surface area is 107 Å². The first-order chi connectivity index (χ1) is 8.59. The standard InChI is InChI=1S/C12H11F2NO2S/c13-12(14,3-1-10-2-8-18-9-10)11(16)15-4-6-17-7-5-15/h2,8-9H,4-7H2. The molecule has 1 aromatic heterocycles. The lowest BCUT2D eigenvalue weighted by atomic mass is 10.2. The molecule has 1 aliphatic rings. The Morgan fingerprint density at radius 1 is 1.44 bits per heavy atom.